The summed E-state index contributed by atoms with van der Waals surface area (Å²) >= 11 is 0. The molecule has 306 valence electrons. The van der Waals surface area contributed by atoms with Gasteiger partial charge in [0.15, 0.2) is 45.4 Å². The number of pyridine rings is 2. The van der Waals surface area contributed by atoms with E-state index in [1.54, 1.807) is 0 Å². The highest BCUT2D eigenvalue weighted by Crippen LogP contribution is 2.54. The maximum atomic E-state index is 15.5. The number of hydrogen-bond acceptors (Lipinski definition) is 8. The third-order valence-corrected chi connectivity index (χ3v) is 12.8. The minimum absolute atomic E-state index is 0.185. The number of para-hydroxylation sites is 12. The second kappa shape index (κ2) is 13.2. The number of ether oxygens (including phenoxy) is 3. The van der Waals surface area contributed by atoms with Gasteiger partial charge in [-0.25, -0.2) is 0 Å². The monoisotopic (exact) mass is 840 g/mol. The van der Waals surface area contributed by atoms with Gasteiger partial charge in [-0.1, -0.05) is 72.8 Å². The molecule has 9 aromatic carbocycles. The predicted octanol–water partition coefficient (Wildman–Crippen LogP) is 14.3. The van der Waals surface area contributed by atoms with Crippen molar-refractivity contribution in [1.29, 1.82) is 0 Å². The van der Waals surface area contributed by atoms with E-state index >= 15 is 9.59 Å². The summed E-state index contributed by atoms with van der Waals surface area (Å²) in [6.07, 6.45) is 0. The Morgan fingerprint density at radius 1 is 0.292 bits per heavy atom. The quantitative estimate of drug-likeness (QED) is 0.129. The van der Waals surface area contributed by atoms with E-state index in [0.29, 0.717) is 78.3 Å². The lowest BCUT2D eigenvalue weighted by Gasteiger charge is -2.33. The Kier molecular flexibility index (Phi) is 7.22. The van der Waals surface area contributed by atoms with Gasteiger partial charge in [-0.3, -0.25) is 9.59 Å². The zero-order valence-corrected chi connectivity index (χ0v) is 34.3. The molecule has 0 amide bonds. The fraction of sp³-hybridized carbons (Fsp3) is 0. The van der Waals surface area contributed by atoms with E-state index in [0.717, 1.165) is 45.5 Å². The molecule has 3 aliphatic heterocycles. The van der Waals surface area contributed by atoms with Gasteiger partial charge in [0.2, 0.25) is 0 Å². The molecular formula is C56H32N4O5. The van der Waals surface area contributed by atoms with Crippen LogP contribution < -0.4 is 39.8 Å². The first-order chi connectivity index (χ1) is 32.1. The van der Waals surface area contributed by atoms with Crippen LogP contribution in [0.2, 0.25) is 0 Å². The van der Waals surface area contributed by atoms with E-state index in [1.165, 1.54) is 0 Å². The first-order valence-electron chi connectivity index (χ1n) is 21.4. The Bertz CT molecular complexity index is 3640. The smallest absolute Gasteiger partial charge is 0.197 e. The normalized spacial score (nSPS) is 13.3. The number of aromatic nitrogens is 1. The van der Waals surface area contributed by atoms with Gasteiger partial charge >= 0.3 is 0 Å². The maximum Gasteiger partial charge on any atom is 0.197 e. The molecule has 9 heteroatoms. The summed E-state index contributed by atoms with van der Waals surface area (Å²) in [6, 6.07) is 63.2. The number of hydrogen-bond donors (Lipinski definition) is 0. The van der Waals surface area contributed by atoms with E-state index < -0.39 is 0 Å². The third kappa shape index (κ3) is 5.03. The van der Waals surface area contributed by atoms with Crippen LogP contribution in [0.4, 0.5) is 51.2 Å². The molecule has 0 atom stereocenters. The van der Waals surface area contributed by atoms with Crippen molar-refractivity contribution in [3.05, 3.63) is 215 Å². The van der Waals surface area contributed by atoms with Crippen LogP contribution in [0.5, 0.6) is 34.5 Å². The van der Waals surface area contributed by atoms with Gasteiger partial charge in [-0.15, -0.1) is 0 Å². The first-order valence-corrected chi connectivity index (χ1v) is 21.4. The fourth-order valence-corrected chi connectivity index (χ4v) is 10.0. The van der Waals surface area contributed by atoms with Gasteiger partial charge in [0, 0.05) is 38.6 Å². The SMILES string of the molecule is O=c1c2cc(N3c4ccccc4Oc4ccccc43)ccc2n2c3ccc(N4c5ccccc5Oc5ccccc54)cc3c(=O)c3cc(N4c5ccccc5Oc5ccccc54)cc1c32. The molecule has 0 unspecified atom stereocenters. The predicted molar refractivity (Wildman–Crippen MR) is 258 cm³/mol. The van der Waals surface area contributed by atoms with Gasteiger partial charge in [-0.2, -0.15) is 0 Å². The van der Waals surface area contributed by atoms with Gasteiger partial charge in [0.1, 0.15) is 0 Å². The van der Waals surface area contributed by atoms with Crippen molar-refractivity contribution in [2.75, 3.05) is 14.7 Å². The maximum absolute atomic E-state index is 15.5. The zero-order chi connectivity index (χ0) is 42.9. The van der Waals surface area contributed by atoms with Crippen LogP contribution in [0.3, 0.4) is 0 Å². The molecular weight excluding hydrogens is 809 g/mol. The minimum Gasteiger partial charge on any atom is -0.453 e. The van der Waals surface area contributed by atoms with E-state index in [9.17, 15) is 0 Å². The Balaban J connectivity index is 1.08. The number of anilines is 9. The van der Waals surface area contributed by atoms with Gasteiger partial charge < -0.3 is 33.3 Å². The van der Waals surface area contributed by atoms with E-state index in [1.807, 2.05) is 194 Å². The molecule has 0 fully saturated rings. The topological polar surface area (TPSA) is 76.0 Å². The molecule has 9 nitrogen and oxygen atoms in total. The molecule has 0 N–H and O–H groups in total. The second-order valence-electron chi connectivity index (χ2n) is 16.4. The molecule has 3 aliphatic rings. The first kappa shape index (κ1) is 35.5. The molecule has 0 radical (unpaired) electrons. The molecule has 65 heavy (non-hydrogen) atoms. The van der Waals surface area contributed by atoms with Gasteiger partial charge in [0.25, 0.3) is 0 Å². The molecule has 0 saturated heterocycles. The van der Waals surface area contributed by atoms with E-state index in [2.05, 4.69) is 19.1 Å². The molecule has 14 rings (SSSR count). The van der Waals surface area contributed by atoms with Crippen molar-refractivity contribution < 1.29 is 14.2 Å². The Hall–Kier alpha value is -9.08. The average molecular weight is 841 g/mol. The number of rotatable bonds is 3. The second-order valence-corrected chi connectivity index (χ2v) is 16.4. The summed E-state index contributed by atoms with van der Waals surface area (Å²) in [6.45, 7) is 0. The molecule has 2 aromatic heterocycles. The highest BCUT2D eigenvalue weighted by molar-refractivity contribution is 6.11. The van der Waals surface area contributed by atoms with Crippen LogP contribution in [-0.4, -0.2) is 4.40 Å². The summed E-state index contributed by atoms with van der Waals surface area (Å²) in [5, 5.41) is 1.85. The molecule has 0 spiro atoms. The third-order valence-electron chi connectivity index (χ3n) is 12.8. The van der Waals surface area contributed by atoms with Crippen LogP contribution in [0, 0.1) is 0 Å². The number of nitrogens with zero attached hydrogens (tertiary/aromatic N) is 4. The average Bonchev–Trinajstić information content (AvgIpc) is 3.36. The Morgan fingerprint density at radius 3 is 0.892 bits per heavy atom. The fourth-order valence-electron chi connectivity index (χ4n) is 10.0. The van der Waals surface area contributed by atoms with Crippen LogP contribution in [0.15, 0.2) is 204 Å². The molecule has 5 heterocycles. The number of benzene rings is 9. The summed E-state index contributed by atoms with van der Waals surface area (Å²) in [4.78, 5) is 37.3. The minimum atomic E-state index is -0.185. The highest BCUT2D eigenvalue weighted by Gasteiger charge is 2.31. The van der Waals surface area contributed by atoms with Crippen LogP contribution in [0.25, 0.3) is 38.1 Å². The molecule has 0 aliphatic carbocycles. The van der Waals surface area contributed by atoms with E-state index in [-0.39, 0.29) is 10.9 Å². The summed E-state index contributed by atoms with van der Waals surface area (Å²) in [7, 11) is 0. The Labute approximate surface area is 370 Å². The van der Waals surface area contributed by atoms with Crippen LogP contribution >= 0.6 is 0 Å². The standard InChI is InChI=1S/C56H32N4O5/c61-55-36-29-33(57-42-13-1-7-19-48(42)63-49-20-8-2-14-43(49)57)25-27-40(36)60-41-28-26-34(58-44-15-3-9-21-50(44)64-51-22-10-4-16-45(51)58)30-37(41)56(62)39-32-35(31-38(55)54(39)60)59-46-17-5-11-23-52(46)65-53-24-12-6-18-47(53)59/h1-32H. The summed E-state index contributed by atoms with van der Waals surface area (Å²) < 4.78 is 21.2. The molecule has 0 saturated carbocycles. The van der Waals surface area contributed by atoms with Crippen molar-refractivity contribution in [2.45, 2.75) is 0 Å². The van der Waals surface area contributed by atoms with Crippen molar-refractivity contribution in [3.8, 4) is 34.5 Å². The van der Waals surface area contributed by atoms with Crippen molar-refractivity contribution in [3.63, 3.8) is 0 Å². The Morgan fingerprint density at radius 2 is 0.569 bits per heavy atom. The molecule has 11 aromatic rings. The lowest BCUT2D eigenvalue weighted by Crippen LogP contribution is -2.20. The largest absolute Gasteiger partial charge is 0.453 e. The van der Waals surface area contributed by atoms with Crippen molar-refractivity contribution in [2.24, 2.45) is 0 Å². The summed E-state index contributed by atoms with van der Waals surface area (Å²) in [5.41, 5.74) is 8.82. The van der Waals surface area contributed by atoms with E-state index in [4.69, 9.17) is 14.2 Å². The van der Waals surface area contributed by atoms with Crippen LogP contribution in [0.1, 0.15) is 0 Å². The van der Waals surface area contributed by atoms with Crippen molar-refractivity contribution in [1.82, 2.24) is 4.40 Å². The van der Waals surface area contributed by atoms with Gasteiger partial charge in [-0.05, 0) is 121 Å². The van der Waals surface area contributed by atoms with Crippen LogP contribution in [-0.2, 0) is 0 Å². The highest BCUT2D eigenvalue weighted by atomic mass is 16.5. The zero-order valence-electron chi connectivity index (χ0n) is 34.3. The lowest BCUT2D eigenvalue weighted by molar-refractivity contribution is 0.477. The number of fused-ring (bicyclic) bond motifs is 10. The summed E-state index contributed by atoms with van der Waals surface area (Å²) in [5.74, 6) is 4.19. The van der Waals surface area contributed by atoms with Gasteiger partial charge in [0.05, 0.1) is 50.7 Å². The molecule has 0 bridgehead atoms. The van der Waals surface area contributed by atoms with Crippen molar-refractivity contribution >= 4 is 89.3 Å². The lowest BCUT2D eigenvalue weighted by atomic mass is 10.00.